The van der Waals surface area contributed by atoms with Crippen molar-refractivity contribution in [1.82, 2.24) is 20.0 Å². The van der Waals surface area contributed by atoms with Gasteiger partial charge in [0.1, 0.15) is 12.1 Å². The van der Waals surface area contributed by atoms with E-state index in [1.54, 1.807) is 4.90 Å². The van der Waals surface area contributed by atoms with E-state index >= 15 is 0 Å². The topological polar surface area (TPSA) is 148 Å². The Morgan fingerprint density at radius 1 is 0.849 bits per heavy atom. The van der Waals surface area contributed by atoms with Gasteiger partial charge in [0, 0.05) is 61.2 Å². The van der Waals surface area contributed by atoms with Crippen LogP contribution in [0.3, 0.4) is 0 Å². The zero-order chi connectivity index (χ0) is 37.7. The van der Waals surface area contributed by atoms with Crippen LogP contribution in [0.15, 0.2) is 84.9 Å². The van der Waals surface area contributed by atoms with Crippen molar-refractivity contribution in [2.45, 2.75) is 61.8 Å². The first kappa shape index (κ1) is 36.9. The van der Waals surface area contributed by atoms with E-state index in [0.717, 1.165) is 34.6 Å². The number of fused-ring (bicyclic) bond motifs is 2. The Kier molecular flexibility index (Phi) is 10.0. The molecule has 11 nitrogen and oxygen atoms in total. The van der Waals surface area contributed by atoms with Gasteiger partial charge < -0.3 is 29.8 Å². The summed E-state index contributed by atoms with van der Waals surface area (Å²) in [6.45, 7) is 2.56. The first-order valence-electron chi connectivity index (χ1n) is 17.5. The fourth-order valence-electron chi connectivity index (χ4n) is 8.02. The number of rotatable bonds is 7. The summed E-state index contributed by atoms with van der Waals surface area (Å²) in [5.74, 6) is -1.48. The first-order valence-corrected chi connectivity index (χ1v) is 19.9. The smallest absolute Gasteiger partial charge is 0.340 e. The summed E-state index contributed by atoms with van der Waals surface area (Å²) >= 11 is 0.960. The van der Waals surface area contributed by atoms with E-state index in [2.05, 4.69) is 29.6 Å². The number of hydrogen-bond donors (Lipinski definition) is 3. The highest BCUT2D eigenvalue weighted by molar-refractivity contribution is 7.52. The van der Waals surface area contributed by atoms with Gasteiger partial charge in [-0.05, 0) is 54.0 Å². The normalized spacial score (nSPS) is 23.8. The number of nitrogens with one attached hydrogen (secondary N) is 1. The largest absolute Gasteiger partial charge is 0.399 e. The lowest BCUT2D eigenvalue weighted by Gasteiger charge is -2.39. The SMILES string of the molecule is CC(=O)N1CC[C@H]2CC[C@@H](C(=O)N3CC(c4ccccc4)[C@@H](c4ccccc4)C3)N2C(=O)[C@@H](NC(=O)c2cc3cc(C(F)(F)P(=O)(O)O)ccc3s2)C1. The van der Waals surface area contributed by atoms with Crippen molar-refractivity contribution in [2.24, 2.45) is 0 Å². The number of hydrogen-bond acceptors (Lipinski definition) is 6. The van der Waals surface area contributed by atoms with E-state index in [1.165, 1.54) is 24.0 Å². The summed E-state index contributed by atoms with van der Waals surface area (Å²) < 4.78 is 40.7. The second-order valence-corrected chi connectivity index (χ2v) is 16.7. The maximum Gasteiger partial charge on any atom is 0.399 e. The molecular formula is C38H39F2N4O7PS. The van der Waals surface area contributed by atoms with Crippen LogP contribution < -0.4 is 5.32 Å². The summed E-state index contributed by atoms with van der Waals surface area (Å²) in [6, 6.07) is 22.3. The van der Waals surface area contributed by atoms with E-state index < -0.39 is 42.7 Å². The lowest BCUT2D eigenvalue weighted by molar-refractivity contribution is -0.148. The molecule has 4 amide bonds. The molecule has 3 aromatic carbocycles. The van der Waals surface area contributed by atoms with Gasteiger partial charge in [0.05, 0.1) is 4.88 Å². The Morgan fingerprint density at radius 2 is 1.47 bits per heavy atom. The number of alkyl halides is 2. The van der Waals surface area contributed by atoms with Crippen LogP contribution in [0.4, 0.5) is 8.78 Å². The molecule has 0 radical (unpaired) electrons. The number of amides is 4. The summed E-state index contributed by atoms with van der Waals surface area (Å²) in [5.41, 5.74) is -3.06. The number of benzene rings is 3. The molecule has 53 heavy (non-hydrogen) atoms. The monoisotopic (exact) mass is 764 g/mol. The summed E-state index contributed by atoms with van der Waals surface area (Å²) in [4.78, 5) is 78.7. The van der Waals surface area contributed by atoms with E-state index in [9.17, 15) is 42.3 Å². The number of halogens is 2. The molecule has 4 heterocycles. The predicted molar refractivity (Wildman–Crippen MR) is 194 cm³/mol. The Morgan fingerprint density at radius 3 is 2.06 bits per heavy atom. The highest BCUT2D eigenvalue weighted by atomic mass is 32.1. The van der Waals surface area contributed by atoms with E-state index in [0.29, 0.717) is 43.6 Å². The number of likely N-dealkylation sites (tertiary alicyclic amines) is 1. The zero-order valence-electron chi connectivity index (χ0n) is 28.8. The quantitative estimate of drug-likeness (QED) is 0.218. The van der Waals surface area contributed by atoms with Gasteiger partial charge in [0.25, 0.3) is 5.91 Å². The number of thiophene rings is 1. The molecule has 0 spiro atoms. The van der Waals surface area contributed by atoms with Crippen molar-refractivity contribution < 1.29 is 42.3 Å². The minimum atomic E-state index is -5.81. The first-order chi connectivity index (χ1) is 25.2. The molecule has 3 aliphatic rings. The van der Waals surface area contributed by atoms with Crippen molar-refractivity contribution in [3.8, 4) is 0 Å². The third-order valence-corrected chi connectivity index (χ3v) is 12.9. The molecule has 1 aromatic heterocycles. The highest BCUT2D eigenvalue weighted by Gasteiger charge is 2.51. The number of nitrogens with zero attached hydrogens (tertiary/aromatic N) is 3. The summed E-state index contributed by atoms with van der Waals surface area (Å²) in [7, 11) is -5.81. The molecule has 278 valence electrons. The van der Waals surface area contributed by atoms with E-state index in [4.69, 9.17) is 0 Å². The Labute approximate surface area is 308 Å². The molecule has 3 aliphatic heterocycles. The molecule has 3 saturated heterocycles. The molecule has 0 bridgehead atoms. The van der Waals surface area contributed by atoms with Crippen molar-refractivity contribution in [1.29, 1.82) is 0 Å². The van der Waals surface area contributed by atoms with Crippen molar-refractivity contribution >= 4 is 52.6 Å². The molecule has 4 aromatic rings. The minimum Gasteiger partial charge on any atom is -0.340 e. The molecule has 3 fully saturated rings. The van der Waals surface area contributed by atoms with Crippen LogP contribution in [0.25, 0.3) is 10.1 Å². The number of carbonyl (C=O) groups is 4. The van der Waals surface area contributed by atoms with Gasteiger partial charge in [-0.3, -0.25) is 23.7 Å². The van der Waals surface area contributed by atoms with Crippen LogP contribution >= 0.6 is 18.9 Å². The highest BCUT2D eigenvalue weighted by Crippen LogP contribution is 2.59. The third kappa shape index (κ3) is 7.13. The zero-order valence-corrected chi connectivity index (χ0v) is 30.5. The molecule has 0 aliphatic carbocycles. The van der Waals surface area contributed by atoms with Gasteiger partial charge in [-0.2, -0.15) is 8.78 Å². The lowest BCUT2D eigenvalue weighted by atomic mass is 9.84. The minimum absolute atomic E-state index is 0.0550. The van der Waals surface area contributed by atoms with Crippen molar-refractivity contribution in [2.75, 3.05) is 26.2 Å². The van der Waals surface area contributed by atoms with Crippen LogP contribution in [0.2, 0.25) is 0 Å². The van der Waals surface area contributed by atoms with E-state index in [1.807, 2.05) is 41.3 Å². The van der Waals surface area contributed by atoms with Gasteiger partial charge in [0.15, 0.2) is 0 Å². The van der Waals surface area contributed by atoms with Crippen LogP contribution in [0.1, 0.15) is 64.4 Å². The Balaban J connectivity index is 1.14. The summed E-state index contributed by atoms with van der Waals surface area (Å²) in [5, 5.41) is 2.92. The fraction of sp³-hybridized carbons (Fsp3) is 0.368. The van der Waals surface area contributed by atoms with Crippen LogP contribution in [0.5, 0.6) is 0 Å². The molecular weight excluding hydrogens is 725 g/mol. The predicted octanol–water partition coefficient (Wildman–Crippen LogP) is 5.25. The Bertz CT molecular complexity index is 2050. The van der Waals surface area contributed by atoms with Gasteiger partial charge in [0.2, 0.25) is 17.7 Å². The molecule has 1 unspecified atom stereocenters. The van der Waals surface area contributed by atoms with Gasteiger partial charge >= 0.3 is 13.3 Å². The second kappa shape index (κ2) is 14.4. The van der Waals surface area contributed by atoms with Gasteiger partial charge in [-0.15, -0.1) is 11.3 Å². The third-order valence-electron chi connectivity index (χ3n) is 10.8. The average molecular weight is 765 g/mol. The van der Waals surface area contributed by atoms with Gasteiger partial charge in [-0.25, -0.2) is 0 Å². The molecule has 7 rings (SSSR count). The standard InChI is InChI=1S/C38H39F2N4O7PS/c1-23(45)42-17-16-28-13-14-32(37(48)43-20-29(24-8-4-2-5-9-24)30(21-43)25-10-6-3-7-11-25)44(28)36(47)31(22-42)41-35(46)34-19-26-18-27(12-15-33(26)53-34)38(39,40)52(49,50)51/h2-12,15,18-19,28-32H,13-14,16-17,20-22H2,1H3,(H,41,46)(H2,49,50,51)/t28-,29-,30?,31+,32+/m1/s1. The average Bonchev–Trinajstić information content (AvgIpc) is 3.88. The van der Waals surface area contributed by atoms with Crippen LogP contribution in [-0.4, -0.2) is 92.4 Å². The van der Waals surface area contributed by atoms with Crippen LogP contribution in [0, 0.1) is 0 Å². The van der Waals surface area contributed by atoms with Crippen molar-refractivity contribution in [3.63, 3.8) is 0 Å². The summed E-state index contributed by atoms with van der Waals surface area (Å²) in [6.07, 6.45) is 1.48. The second-order valence-electron chi connectivity index (χ2n) is 14.0. The maximum absolute atomic E-state index is 14.5. The van der Waals surface area contributed by atoms with Crippen LogP contribution in [-0.2, 0) is 24.6 Å². The number of carbonyl (C=O) groups excluding carboxylic acids is 4. The fourth-order valence-corrected chi connectivity index (χ4v) is 9.44. The molecule has 0 saturated carbocycles. The maximum atomic E-state index is 14.5. The lowest BCUT2D eigenvalue weighted by Crippen LogP contribution is -2.61. The molecule has 3 N–H and O–H groups in total. The van der Waals surface area contributed by atoms with Gasteiger partial charge in [-0.1, -0.05) is 66.7 Å². The molecule has 15 heteroatoms. The molecule has 5 atom stereocenters. The van der Waals surface area contributed by atoms with Crippen molar-refractivity contribution in [3.05, 3.63) is 106 Å². The van der Waals surface area contributed by atoms with E-state index in [-0.39, 0.29) is 46.5 Å². The Hall–Kier alpha value is -4.49.